The Hall–Kier alpha value is -0.930. The molecule has 0 aliphatic heterocycles. The fourth-order valence-electron chi connectivity index (χ4n) is 0.207. The van der Waals surface area contributed by atoms with Gasteiger partial charge in [-0.1, -0.05) is 13.8 Å². The fraction of sp³-hybridized carbons (Fsp3) is 0.750. The maximum atomic E-state index is 3.47. The Kier molecular flexibility index (Phi) is 3.74. The molecule has 0 atom stereocenters. The molecule has 0 bridgehead atoms. The fourth-order valence-corrected chi connectivity index (χ4v) is 0.207. The van der Waals surface area contributed by atoms with Gasteiger partial charge in [-0.25, -0.2) is 4.68 Å². The molecule has 1 aromatic rings. The van der Waals surface area contributed by atoms with Crippen LogP contribution in [0.2, 0.25) is 0 Å². The SMILES string of the molecule is CC.Cn1cnnn1. The van der Waals surface area contributed by atoms with E-state index in [0.717, 1.165) is 0 Å². The largest absolute Gasteiger partial charge is 0.236 e. The smallest absolute Gasteiger partial charge is 0.137 e. The van der Waals surface area contributed by atoms with Crippen molar-refractivity contribution in [2.45, 2.75) is 13.8 Å². The van der Waals surface area contributed by atoms with E-state index in [1.54, 1.807) is 7.05 Å². The molecular formula is C4H10N4. The molecule has 46 valence electrons. The molecule has 4 nitrogen and oxygen atoms in total. The predicted octanol–water partition coefficient (Wildman–Crippen LogP) is 0.236. The van der Waals surface area contributed by atoms with E-state index in [0.29, 0.717) is 0 Å². The molecule has 1 heterocycles. The highest BCUT2D eigenvalue weighted by molar-refractivity contribution is 4.35. The average molecular weight is 114 g/mol. The maximum Gasteiger partial charge on any atom is 0.137 e. The molecule has 0 saturated carbocycles. The van der Waals surface area contributed by atoms with Gasteiger partial charge in [0.15, 0.2) is 0 Å². The number of hydrogen-bond acceptors (Lipinski definition) is 3. The summed E-state index contributed by atoms with van der Waals surface area (Å²) in [5.41, 5.74) is 0. The molecule has 0 amide bonds. The molecule has 0 aliphatic rings. The van der Waals surface area contributed by atoms with Crippen LogP contribution < -0.4 is 0 Å². The number of aryl methyl sites for hydroxylation is 1. The second-order valence-corrected chi connectivity index (χ2v) is 0.983. The summed E-state index contributed by atoms with van der Waals surface area (Å²) in [6, 6.07) is 0. The van der Waals surface area contributed by atoms with Crippen LogP contribution in [0.15, 0.2) is 6.33 Å². The molecule has 0 spiro atoms. The van der Waals surface area contributed by atoms with E-state index in [2.05, 4.69) is 15.5 Å². The highest BCUT2D eigenvalue weighted by Crippen LogP contribution is 1.58. The zero-order valence-corrected chi connectivity index (χ0v) is 5.37. The molecule has 0 saturated heterocycles. The van der Waals surface area contributed by atoms with Gasteiger partial charge in [0.1, 0.15) is 6.33 Å². The summed E-state index contributed by atoms with van der Waals surface area (Å²) in [5.74, 6) is 0. The van der Waals surface area contributed by atoms with E-state index in [4.69, 9.17) is 0 Å². The Balaban J connectivity index is 0.000000222. The van der Waals surface area contributed by atoms with Crippen molar-refractivity contribution in [3.8, 4) is 0 Å². The van der Waals surface area contributed by atoms with Crippen LogP contribution in [0.3, 0.4) is 0 Å². The van der Waals surface area contributed by atoms with E-state index in [1.807, 2.05) is 13.8 Å². The molecule has 0 unspecified atom stereocenters. The van der Waals surface area contributed by atoms with Crippen LogP contribution in [0.4, 0.5) is 0 Å². The first kappa shape index (κ1) is 7.07. The normalized spacial score (nSPS) is 7.38. The summed E-state index contributed by atoms with van der Waals surface area (Å²) >= 11 is 0. The van der Waals surface area contributed by atoms with Crippen molar-refractivity contribution in [3.63, 3.8) is 0 Å². The third-order valence-corrected chi connectivity index (χ3v) is 0.451. The van der Waals surface area contributed by atoms with Crippen molar-refractivity contribution in [2.75, 3.05) is 0 Å². The van der Waals surface area contributed by atoms with Gasteiger partial charge in [0.05, 0.1) is 0 Å². The molecule has 0 aliphatic carbocycles. The van der Waals surface area contributed by atoms with Crippen molar-refractivity contribution in [1.29, 1.82) is 0 Å². The van der Waals surface area contributed by atoms with E-state index in [-0.39, 0.29) is 0 Å². The summed E-state index contributed by atoms with van der Waals surface area (Å²) in [6.07, 6.45) is 1.53. The number of rotatable bonds is 0. The monoisotopic (exact) mass is 114 g/mol. The minimum Gasteiger partial charge on any atom is -0.236 e. The molecule has 1 aromatic heterocycles. The van der Waals surface area contributed by atoms with Crippen molar-refractivity contribution < 1.29 is 0 Å². The Morgan fingerprint density at radius 3 is 2.12 bits per heavy atom. The molecular weight excluding hydrogens is 104 g/mol. The topological polar surface area (TPSA) is 43.6 Å². The Morgan fingerprint density at radius 2 is 2.00 bits per heavy atom. The van der Waals surface area contributed by atoms with Crippen molar-refractivity contribution >= 4 is 0 Å². The summed E-state index contributed by atoms with van der Waals surface area (Å²) in [5, 5.41) is 10.2. The highest BCUT2D eigenvalue weighted by atomic mass is 15.5. The highest BCUT2D eigenvalue weighted by Gasteiger charge is 1.72. The van der Waals surface area contributed by atoms with Crippen molar-refractivity contribution in [1.82, 2.24) is 20.2 Å². The molecule has 1 rings (SSSR count). The minimum absolute atomic E-state index is 1.53. The van der Waals surface area contributed by atoms with E-state index < -0.39 is 0 Å². The molecule has 0 N–H and O–H groups in total. The van der Waals surface area contributed by atoms with Crippen molar-refractivity contribution in [2.24, 2.45) is 7.05 Å². The predicted molar refractivity (Wildman–Crippen MR) is 30.1 cm³/mol. The first-order valence-electron chi connectivity index (χ1n) is 2.56. The van der Waals surface area contributed by atoms with E-state index in [1.165, 1.54) is 11.0 Å². The minimum atomic E-state index is 1.53. The van der Waals surface area contributed by atoms with Crippen LogP contribution in [0.25, 0.3) is 0 Å². The van der Waals surface area contributed by atoms with Crippen LogP contribution in [-0.4, -0.2) is 20.2 Å². The second kappa shape index (κ2) is 4.23. The lowest BCUT2D eigenvalue weighted by molar-refractivity contribution is 0.710. The number of tetrazole rings is 1. The lowest BCUT2D eigenvalue weighted by Crippen LogP contribution is -1.85. The van der Waals surface area contributed by atoms with Crippen LogP contribution in [-0.2, 0) is 7.05 Å². The van der Waals surface area contributed by atoms with E-state index >= 15 is 0 Å². The number of aromatic nitrogens is 4. The van der Waals surface area contributed by atoms with Crippen LogP contribution >= 0.6 is 0 Å². The third kappa shape index (κ3) is 2.28. The molecule has 8 heavy (non-hydrogen) atoms. The zero-order chi connectivity index (χ0) is 6.41. The van der Waals surface area contributed by atoms with Crippen molar-refractivity contribution in [3.05, 3.63) is 6.33 Å². The Labute approximate surface area is 48.5 Å². The van der Waals surface area contributed by atoms with Gasteiger partial charge in [-0.05, 0) is 10.4 Å². The number of hydrogen-bond donors (Lipinski definition) is 0. The third-order valence-electron chi connectivity index (χ3n) is 0.451. The summed E-state index contributed by atoms with van der Waals surface area (Å²) in [7, 11) is 1.76. The van der Waals surface area contributed by atoms with Gasteiger partial charge in [-0.2, -0.15) is 0 Å². The molecule has 0 aromatic carbocycles. The van der Waals surface area contributed by atoms with Gasteiger partial charge < -0.3 is 0 Å². The number of nitrogens with zero attached hydrogens (tertiary/aromatic N) is 4. The molecule has 4 heteroatoms. The molecule has 0 radical (unpaired) electrons. The van der Waals surface area contributed by atoms with Gasteiger partial charge >= 0.3 is 0 Å². The van der Waals surface area contributed by atoms with Gasteiger partial charge in [-0.15, -0.1) is 5.10 Å². The van der Waals surface area contributed by atoms with Crippen LogP contribution in [0.1, 0.15) is 13.8 Å². The molecule has 0 fully saturated rings. The van der Waals surface area contributed by atoms with Crippen LogP contribution in [0.5, 0.6) is 0 Å². The first-order valence-corrected chi connectivity index (χ1v) is 2.56. The summed E-state index contributed by atoms with van der Waals surface area (Å²) in [6.45, 7) is 4.00. The lowest BCUT2D eigenvalue weighted by Gasteiger charge is -1.71. The Bertz CT molecular complexity index is 112. The quantitative estimate of drug-likeness (QED) is 0.485. The van der Waals surface area contributed by atoms with Crippen LogP contribution in [0, 0.1) is 0 Å². The van der Waals surface area contributed by atoms with Gasteiger partial charge in [-0.3, -0.25) is 0 Å². The maximum absolute atomic E-state index is 3.47. The summed E-state index contributed by atoms with van der Waals surface area (Å²) in [4.78, 5) is 0. The van der Waals surface area contributed by atoms with Gasteiger partial charge in [0.25, 0.3) is 0 Å². The Morgan fingerprint density at radius 1 is 1.38 bits per heavy atom. The van der Waals surface area contributed by atoms with E-state index in [9.17, 15) is 0 Å². The standard InChI is InChI=1S/C2H4N4.C2H6/c1-6-2-3-4-5-6;1-2/h2H,1H3;1-2H3. The second-order valence-electron chi connectivity index (χ2n) is 0.983. The zero-order valence-electron chi connectivity index (χ0n) is 5.37. The van der Waals surface area contributed by atoms with Gasteiger partial charge in [0.2, 0.25) is 0 Å². The van der Waals surface area contributed by atoms with Gasteiger partial charge in [0, 0.05) is 7.05 Å². The first-order chi connectivity index (χ1) is 3.89. The average Bonchev–Trinajstić information content (AvgIpc) is 2.24. The lowest BCUT2D eigenvalue weighted by atomic mass is 11.0. The summed E-state index contributed by atoms with van der Waals surface area (Å²) < 4.78 is 1.53.